The third-order valence-corrected chi connectivity index (χ3v) is 5.70. The van der Waals surface area contributed by atoms with Crippen LogP contribution in [-0.2, 0) is 4.79 Å². The fourth-order valence-electron chi connectivity index (χ4n) is 3.25. The first-order chi connectivity index (χ1) is 9.52. The Morgan fingerprint density at radius 1 is 1.25 bits per heavy atom. The van der Waals surface area contributed by atoms with Crippen LogP contribution in [0.3, 0.4) is 0 Å². The molecule has 2 rings (SSSR count). The number of carboxylic acid groups (broad SMARTS) is 1. The summed E-state index contributed by atoms with van der Waals surface area (Å²) in [5, 5.41) is 12.7. The Morgan fingerprint density at radius 2 is 1.95 bits per heavy atom. The minimum atomic E-state index is -0.799. The topological polar surface area (TPSA) is 69.6 Å². The van der Waals surface area contributed by atoms with Gasteiger partial charge < -0.3 is 15.3 Å². The Hall–Kier alpha value is -0.910. The highest BCUT2D eigenvalue weighted by Gasteiger charge is 2.38. The first kappa shape index (κ1) is 15.5. The minimum Gasteiger partial charge on any atom is -0.481 e. The van der Waals surface area contributed by atoms with E-state index in [1.165, 1.54) is 6.42 Å². The number of likely N-dealkylation sites (tertiary alicyclic amines) is 1. The molecule has 4 atom stereocenters. The number of nitrogens with zero attached hydrogens (tertiary/aromatic N) is 1. The van der Waals surface area contributed by atoms with Crippen molar-refractivity contribution in [3.8, 4) is 0 Å². The van der Waals surface area contributed by atoms with Gasteiger partial charge in [0, 0.05) is 24.4 Å². The van der Waals surface area contributed by atoms with E-state index < -0.39 is 11.9 Å². The molecule has 6 heteroatoms. The van der Waals surface area contributed by atoms with Crippen LogP contribution in [0.2, 0.25) is 0 Å². The molecule has 2 N–H and O–H groups in total. The second-order valence-electron chi connectivity index (χ2n) is 5.94. The van der Waals surface area contributed by atoms with Crippen LogP contribution >= 0.6 is 11.8 Å². The Bertz CT molecular complexity index is 377. The summed E-state index contributed by atoms with van der Waals surface area (Å²) < 4.78 is 0. The third kappa shape index (κ3) is 3.40. The van der Waals surface area contributed by atoms with E-state index in [4.69, 9.17) is 5.11 Å². The van der Waals surface area contributed by atoms with E-state index in [1.807, 2.05) is 18.7 Å². The highest BCUT2D eigenvalue weighted by Crippen LogP contribution is 2.28. The van der Waals surface area contributed by atoms with Crippen molar-refractivity contribution in [2.45, 2.75) is 43.9 Å². The number of amides is 2. The van der Waals surface area contributed by atoms with E-state index in [9.17, 15) is 9.59 Å². The predicted octanol–water partition coefficient (Wildman–Crippen LogP) is 2.02. The van der Waals surface area contributed by atoms with Gasteiger partial charge in [0.1, 0.15) is 0 Å². The summed E-state index contributed by atoms with van der Waals surface area (Å²) in [4.78, 5) is 25.1. The molecule has 0 radical (unpaired) electrons. The third-order valence-electron chi connectivity index (χ3n) is 4.53. The second-order valence-corrected chi connectivity index (χ2v) is 7.02. The number of hydrogen-bond donors (Lipinski definition) is 2. The maximum atomic E-state index is 12.3. The Balaban J connectivity index is 1.90. The lowest BCUT2D eigenvalue weighted by atomic mass is 9.95. The number of hydrogen-bond acceptors (Lipinski definition) is 3. The molecule has 5 nitrogen and oxygen atoms in total. The summed E-state index contributed by atoms with van der Waals surface area (Å²) in [5.74, 6) is -1.20. The molecule has 1 saturated heterocycles. The molecule has 0 spiro atoms. The van der Waals surface area contributed by atoms with Gasteiger partial charge in [-0.25, -0.2) is 4.79 Å². The molecular formula is C14H24N2O3S. The highest BCUT2D eigenvalue weighted by molar-refractivity contribution is 7.99. The van der Waals surface area contributed by atoms with E-state index >= 15 is 0 Å². The monoisotopic (exact) mass is 300 g/mol. The largest absolute Gasteiger partial charge is 0.481 e. The average molecular weight is 300 g/mol. The molecule has 1 saturated carbocycles. The van der Waals surface area contributed by atoms with Crippen LogP contribution in [0.25, 0.3) is 0 Å². The number of carboxylic acids is 1. The van der Waals surface area contributed by atoms with E-state index in [1.54, 1.807) is 4.90 Å². The number of urea groups is 1. The van der Waals surface area contributed by atoms with Gasteiger partial charge in [0.2, 0.25) is 0 Å². The number of carbonyl (C=O) groups is 2. The van der Waals surface area contributed by atoms with Gasteiger partial charge >= 0.3 is 12.0 Å². The van der Waals surface area contributed by atoms with Gasteiger partial charge in [-0.15, -0.1) is 0 Å². The van der Waals surface area contributed by atoms with Gasteiger partial charge in [-0.2, -0.15) is 11.8 Å². The molecule has 2 amide bonds. The highest BCUT2D eigenvalue weighted by atomic mass is 32.2. The minimum absolute atomic E-state index is 0.0287. The van der Waals surface area contributed by atoms with Crippen molar-refractivity contribution in [1.82, 2.24) is 10.2 Å². The summed E-state index contributed by atoms with van der Waals surface area (Å²) >= 11 is 1.82. The van der Waals surface area contributed by atoms with Gasteiger partial charge in [-0.1, -0.05) is 19.8 Å². The smallest absolute Gasteiger partial charge is 0.317 e. The lowest BCUT2D eigenvalue weighted by Crippen LogP contribution is -2.49. The molecule has 20 heavy (non-hydrogen) atoms. The zero-order chi connectivity index (χ0) is 14.7. The van der Waals surface area contributed by atoms with Gasteiger partial charge in [-0.3, -0.25) is 4.79 Å². The van der Waals surface area contributed by atoms with Crippen molar-refractivity contribution in [2.24, 2.45) is 11.8 Å². The molecule has 1 aliphatic carbocycles. The molecule has 114 valence electrons. The van der Waals surface area contributed by atoms with Crippen molar-refractivity contribution >= 4 is 23.8 Å². The first-order valence-corrected chi connectivity index (χ1v) is 8.62. The van der Waals surface area contributed by atoms with Crippen LogP contribution in [0.5, 0.6) is 0 Å². The molecular weight excluding hydrogens is 276 g/mol. The van der Waals surface area contributed by atoms with E-state index in [0.717, 1.165) is 19.3 Å². The molecule has 2 aliphatic rings. The van der Waals surface area contributed by atoms with Crippen molar-refractivity contribution < 1.29 is 14.7 Å². The van der Waals surface area contributed by atoms with Crippen LogP contribution in [0.1, 0.15) is 32.6 Å². The fourth-order valence-corrected chi connectivity index (χ4v) is 4.18. The number of rotatable bonds is 3. The van der Waals surface area contributed by atoms with Gasteiger partial charge in [-0.05, 0) is 25.0 Å². The Kier molecular flexibility index (Phi) is 5.18. The lowest BCUT2D eigenvalue weighted by Gasteiger charge is -2.32. The van der Waals surface area contributed by atoms with E-state index in [2.05, 4.69) is 11.6 Å². The van der Waals surface area contributed by atoms with Crippen LogP contribution in [0.15, 0.2) is 0 Å². The van der Waals surface area contributed by atoms with Crippen molar-refractivity contribution in [1.29, 1.82) is 0 Å². The second kappa shape index (κ2) is 6.70. The van der Waals surface area contributed by atoms with Crippen molar-refractivity contribution in [2.75, 3.05) is 19.3 Å². The van der Waals surface area contributed by atoms with Crippen molar-refractivity contribution in [3.63, 3.8) is 0 Å². The predicted molar refractivity (Wildman–Crippen MR) is 80.0 cm³/mol. The standard InChI is InChI=1S/C14H24N2O3S/c1-9-7-16(8-10(9)13(17)18)14(19)15-11-5-3-4-6-12(11)20-2/h9-12H,3-8H2,1-2H3,(H,15,19)(H,17,18)/t9-,10-,11?,12?/m1/s1. The van der Waals surface area contributed by atoms with E-state index in [-0.39, 0.29) is 18.0 Å². The molecule has 2 unspecified atom stereocenters. The molecule has 0 aromatic rings. The number of carbonyl (C=O) groups excluding carboxylic acids is 1. The summed E-state index contributed by atoms with van der Waals surface area (Å²) in [6.45, 7) is 2.77. The summed E-state index contributed by atoms with van der Waals surface area (Å²) in [7, 11) is 0. The van der Waals surface area contributed by atoms with Gasteiger partial charge in [0.25, 0.3) is 0 Å². The van der Waals surface area contributed by atoms with Gasteiger partial charge in [0.15, 0.2) is 0 Å². The SMILES string of the molecule is CSC1CCCCC1NC(=O)N1C[C@@H](C)[C@H](C(=O)O)C1. The fraction of sp³-hybridized carbons (Fsp3) is 0.857. The number of nitrogens with one attached hydrogen (secondary N) is 1. The number of aliphatic carboxylic acids is 1. The molecule has 0 aromatic heterocycles. The van der Waals surface area contributed by atoms with Crippen LogP contribution in [0.4, 0.5) is 4.79 Å². The molecule has 0 aromatic carbocycles. The maximum Gasteiger partial charge on any atom is 0.317 e. The van der Waals surface area contributed by atoms with Crippen LogP contribution < -0.4 is 5.32 Å². The maximum absolute atomic E-state index is 12.3. The lowest BCUT2D eigenvalue weighted by molar-refractivity contribution is -0.142. The molecule has 1 aliphatic heterocycles. The first-order valence-electron chi connectivity index (χ1n) is 7.34. The quantitative estimate of drug-likeness (QED) is 0.836. The van der Waals surface area contributed by atoms with E-state index in [0.29, 0.717) is 18.3 Å². The zero-order valence-corrected chi connectivity index (χ0v) is 13.0. The molecule has 1 heterocycles. The molecule has 0 bridgehead atoms. The Morgan fingerprint density at radius 3 is 2.55 bits per heavy atom. The van der Waals surface area contributed by atoms with Crippen LogP contribution in [-0.4, -0.2) is 52.6 Å². The number of thioether (sulfide) groups is 1. The summed E-state index contributed by atoms with van der Waals surface area (Å²) in [5.41, 5.74) is 0. The normalized spacial score (nSPS) is 34.0. The van der Waals surface area contributed by atoms with Gasteiger partial charge in [0.05, 0.1) is 5.92 Å². The summed E-state index contributed by atoms with van der Waals surface area (Å²) in [6.07, 6.45) is 6.67. The zero-order valence-electron chi connectivity index (χ0n) is 12.2. The molecule has 2 fully saturated rings. The summed E-state index contributed by atoms with van der Waals surface area (Å²) in [6, 6.07) is 0.136. The Labute approximate surface area is 124 Å². The van der Waals surface area contributed by atoms with Crippen molar-refractivity contribution in [3.05, 3.63) is 0 Å². The van der Waals surface area contributed by atoms with Crippen LogP contribution in [0, 0.1) is 11.8 Å². The average Bonchev–Trinajstić information content (AvgIpc) is 2.81.